The Kier molecular flexibility index (Phi) is 4.40. The van der Waals surface area contributed by atoms with Crippen LogP contribution < -0.4 is 4.74 Å². The van der Waals surface area contributed by atoms with E-state index in [1.54, 1.807) is 6.07 Å². The van der Waals surface area contributed by atoms with E-state index in [2.05, 4.69) is 0 Å². The third-order valence-corrected chi connectivity index (χ3v) is 1.87. The zero-order chi connectivity index (χ0) is 10.4. The first-order chi connectivity index (χ1) is 6.77. The summed E-state index contributed by atoms with van der Waals surface area (Å²) in [5, 5.41) is 8.79. The van der Waals surface area contributed by atoms with Gasteiger partial charge in [-0.05, 0) is 24.5 Å². The van der Waals surface area contributed by atoms with Gasteiger partial charge in [0, 0.05) is 12.7 Å². The van der Waals surface area contributed by atoms with Crippen molar-refractivity contribution in [1.82, 2.24) is 0 Å². The van der Waals surface area contributed by atoms with Gasteiger partial charge >= 0.3 is 0 Å². The first kappa shape index (κ1) is 11.0. The summed E-state index contributed by atoms with van der Waals surface area (Å²) in [5.74, 6) is 0.235. The maximum absolute atomic E-state index is 12.9. The molecule has 78 valence electrons. The molecule has 0 heterocycles. The highest BCUT2D eigenvalue weighted by molar-refractivity contribution is 5.34. The van der Waals surface area contributed by atoms with E-state index in [1.165, 1.54) is 12.1 Å². The molecule has 0 fully saturated rings. The minimum atomic E-state index is -0.308. The number of ether oxygens (including phenoxy) is 1. The Labute approximate surface area is 83.3 Å². The monoisotopic (exact) mass is 198 g/mol. The van der Waals surface area contributed by atoms with E-state index in [1.807, 2.05) is 6.92 Å². The molecule has 1 aromatic carbocycles. The maximum Gasteiger partial charge on any atom is 0.126 e. The van der Waals surface area contributed by atoms with Crippen LogP contribution >= 0.6 is 0 Å². The second-order valence-corrected chi connectivity index (χ2v) is 3.07. The summed E-state index contributed by atoms with van der Waals surface area (Å²) in [7, 11) is 0. The van der Waals surface area contributed by atoms with Gasteiger partial charge in [-0.3, -0.25) is 0 Å². The number of hydrogen-bond donors (Lipinski definition) is 1. The van der Waals surface area contributed by atoms with Crippen LogP contribution in [0.1, 0.15) is 18.9 Å². The van der Waals surface area contributed by atoms with Gasteiger partial charge in [0.1, 0.15) is 11.6 Å². The lowest BCUT2D eigenvalue weighted by atomic mass is 10.1. The van der Waals surface area contributed by atoms with Gasteiger partial charge < -0.3 is 9.84 Å². The highest BCUT2D eigenvalue weighted by Crippen LogP contribution is 2.20. The van der Waals surface area contributed by atoms with Gasteiger partial charge in [-0.1, -0.05) is 13.0 Å². The average Bonchev–Trinajstić information content (AvgIpc) is 2.18. The van der Waals surface area contributed by atoms with Gasteiger partial charge in [-0.15, -0.1) is 0 Å². The van der Waals surface area contributed by atoms with Crippen molar-refractivity contribution in [3.8, 4) is 5.75 Å². The van der Waals surface area contributed by atoms with E-state index in [0.717, 1.165) is 12.0 Å². The van der Waals surface area contributed by atoms with Crippen molar-refractivity contribution in [1.29, 1.82) is 0 Å². The Bertz CT molecular complexity index is 287. The molecule has 1 N–H and O–H groups in total. The van der Waals surface area contributed by atoms with Gasteiger partial charge in [0.25, 0.3) is 0 Å². The molecule has 0 saturated heterocycles. The van der Waals surface area contributed by atoms with E-state index < -0.39 is 0 Å². The molecule has 0 aromatic heterocycles. The Morgan fingerprint density at radius 3 is 2.86 bits per heavy atom. The highest BCUT2D eigenvalue weighted by atomic mass is 19.1. The number of benzene rings is 1. The normalized spacial score (nSPS) is 10.2. The zero-order valence-corrected chi connectivity index (χ0v) is 8.29. The van der Waals surface area contributed by atoms with Crippen molar-refractivity contribution in [3.63, 3.8) is 0 Å². The van der Waals surface area contributed by atoms with Crippen LogP contribution in [0.4, 0.5) is 4.39 Å². The molecule has 0 spiro atoms. The van der Waals surface area contributed by atoms with Crippen LogP contribution in [-0.4, -0.2) is 18.3 Å². The zero-order valence-electron chi connectivity index (χ0n) is 8.29. The number of halogens is 1. The summed E-state index contributed by atoms with van der Waals surface area (Å²) in [6.45, 7) is 2.61. The SMILES string of the molecule is CCCOc1cc(F)ccc1CCO. The summed E-state index contributed by atoms with van der Waals surface area (Å²) in [5.41, 5.74) is 0.849. The Morgan fingerprint density at radius 1 is 1.43 bits per heavy atom. The molecule has 2 nitrogen and oxygen atoms in total. The lowest BCUT2D eigenvalue weighted by Gasteiger charge is -2.09. The number of aliphatic hydroxyl groups excluding tert-OH is 1. The van der Waals surface area contributed by atoms with Crippen LogP contribution in [-0.2, 0) is 6.42 Å². The molecular formula is C11H15FO2. The number of hydrogen-bond acceptors (Lipinski definition) is 2. The van der Waals surface area contributed by atoms with E-state index >= 15 is 0 Å². The Balaban J connectivity index is 2.79. The Morgan fingerprint density at radius 2 is 2.21 bits per heavy atom. The minimum Gasteiger partial charge on any atom is -0.493 e. The molecule has 0 aliphatic carbocycles. The van der Waals surface area contributed by atoms with Crippen LogP contribution in [0.5, 0.6) is 5.75 Å². The minimum absolute atomic E-state index is 0.0497. The molecule has 3 heteroatoms. The summed E-state index contributed by atoms with van der Waals surface area (Å²) < 4.78 is 18.2. The van der Waals surface area contributed by atoms with Crippen molar-refractivity contribution in [3.05, 3.63) is 29.6 Å². The molecule has 0 unspecified atom stereocenters. The predicted molar refractivity (Wildman–Crippen MR) is 53.0 cm³/mol. The molecule has 0 bridgehead atoms. The van der Waals surface area contributed by atoms with Crippen LogP contribution in [0.15, 0.2) is 18.2 Å². The summed E-state index contributed by atoms with van der Waals surface area (Å²) >= 11 is 0. The molecule has 1 aromatic rings. The lowest BCUT2D eigenvalue weighted by Crippen LogP contribution is -2.01. The summed E-state index contributed by atoms with van der Waals surface area (Å²) in [6.07, 6.45) is 1.38. The highest BCUT2D eigenvalue weighted by Gasteiger charge is 2.04. The molecule has 0 atom stereocenters. The van der Waals surface area contributed by atoms with Gasteiger partial charge in [-0.25, -0.2) is 4.39 Å². The third kappa shape index (κ3) is 3.00. The molecule has 0 saturated carbocycles. The molecule has 14 heavy (non-hydrogen) atoms. The first-order valence-electron chi connectivity index (χ1n) is 4.80. The topological polar surface area (TPSA) is 29.5 Å². The van der Waals surface area contributed by atoms with Gasteiger partial charge in [0.2, 0.25) is 0 Å². The quantitative estimate of drug-likeness (QED) is 0.785. The smallest absolute Gasteiger partial charge is 0.126 e. The molecule has 0 radical (unpaired) electrons. The van der Waals surface area contributed by atoms with Gasteiger partial charge in [0.05, 0.1) is 6.61 Å². The summed E-state index contributed by atoms with van der Waals surface area (Å²) in [4.78, 5) is 0. The van der Waals surface area contributed by atoms with E-state index in [-0.39, 0.29) is 12.4 Å². The van der Waals surface area contributed by atoms with Crippen LogP contribution in [0.3, 0.4) is 0 Å². The fourth-order valence-electron chi connectivity index (χ4n) is 1.20. The fraction of sp³-hybridized carbons (Fsp3) is 0.455. The maximum atomic E-state index is 12.9. The second-order valence-electron chi connectivity index (χ2n) is 3.07. The Hall–Kier alpha value is -1.09. The van der Waals surface area contributed by atoms with Crippen molar-refractivity contribution >= 4 is 0 Å². The van der Waals surface area contributed by atoms with E-state index in [9.17, 15) is 4.39 Å². The standard InChI is InChI=1S/C11H15FO2/c1-2-7-14-11-8-10(12)4-3-9(11)5-6-13/h3-4,8,13H,2,5-7H2,1H3. The molecular weight excluding hydrogens is 183 g/mol. The summed E-state index contributed by atoms with van der Waals surface area (Å²) in [6, 6.07) is 4.39. The number of rotatable bonds is 5. The molecule has 1 rings (SSSR count). The molecule has 0 aliphatic heterocycles. The average molecular weight is 198 g/mol. The van der Waals surface area contributed by atoms with Crippen molar-refractivity contribution in [2.75, 3.05) is 13.2 Å². The largest absolute Gasteiger partial charge is 0.493 e. The first-order valence-corrected chi connectivity index (χ1v) is 4.80. The van der Waals surface area contributed by atoms with Gasteiger partial charge in [0.15, 0.2) is 0 Å². The van der Waals surface area contributed by atoms with E-state index in [4.69, 9.17) is 9.84 Å². The van der Waals surface area contributed by atoms with Crippen LogP contribution in [0.25, 0.3) is 0 Å². The predicted octanol–water partition coefficient (Wildman–Crippen LogP) is 2.15. The fourth-order valence-corrected chi connectivity index (χ4v) is 1.20. The molecule has 0 amide bonds. The van der Waals surface area contributed by atoms with Crippen molar-refractivity contribution < 1.29 is 14.2 Å². The third-order valence-electron chi connectivity index (χ3n) is 1.87. The number of aliphatic hydroxyl groups is 1. The van der Waals surface area contributed by atoms with Gasteiger partial charge in [-0.2, -0.15) is 0 Å². The van der Waals surface area contributed by atoms with E-state index in [0.29, 0.717) is 18.8 Å². The van der Waals surface area contributed by atoms with Crippen molar-refractivity contribution in [2.45, 2.75) is 19.8 Å². The molecule has 0 aliphatic rings. The van der Waals surface area contributed by atoms with Crippen molar-refractivity contribution in [2.24, 2.45) is 0 Å². The second kappa shape index (κ2) is 5.60. The van der Waals surface area contributed by atoms with Crippen LogP contribution in [0, 0.1) is 5.82 Å². The lowest BCUT2D eigenvalue weighted by molar-refractivity contribution is 0.287. The van der Waals surface area contributed by atoms with Crippen LogP contribution in [0.2, 0.25) is 0 Å².